The lowest BCUT2D eigenvalue weighted by molar-refractivity contribution is 0.407. The van der Waals surface area contributed by atoms with Gasteiger partial charge in [0.2, 0.25) is 0 Å². The van der Waals surface area contributed by atoms with Crippen molar-refractivity contribution in [3.05, 3.63) is 88.9 Å². The Morgan fingerprint density at radius 2 is 1.45 bits per heavy atom. The summed E-state index contributed by atoms with van der Waals surface area (Å²) in [5.74, 6) is 1.62. The molecular formula is C23H23ClN2O2S. The molecule has 0 spiro atoms. The highest BCUT2D eigenvalue weighted by Gasteiger charge is 2.14. The van der Waals surface area contributed by atoms with Crippen LogP contribution < -0.4 is 14.8 Å². The van der Waals surface area contributed by atoms with Gasteiger partial charge in [-0.05, 0) is 65.8 Å². The van der Waals surface area contributed by atoms with Gasteiger partial charge in [-0.25, -0.2) is 0 Å². The number of benzene rings is 3. The monoisotopic (exact) mass is 426 g/mol. The molecule has 0 unspecified atom stereocenters. The number of hydrogen-bond donors (Lipinski definition) is 1. The fourth-order valence-corrected chi connectivity index (χ4v) is 3.30. The molecule has 6 heteroatoms. The summed E-state index contributed by atoms with van der Waals surface area (Å²) in [7, 11) is 3.31. The lowest BCUT2D eigenvalue weighted by atomic mass is 10.1. The molecule has 3 rings (SSSR count). The summed E-state index contributed by atoms with van der Waals surface area (Å²) in [6.45, 7) is 1.23. The van der Waals surface area contributed by atoms with Gasteiger partial charge >= 0.3 is 0 Å². The second-order valence-corrected chi connectivity index (χ2v) is 7.25. The predicted octanol–water partition coefficient (Wildman–Crippen LogP) is 5.76. The number of nitrogens with one attached hydrogen (secondary N) is 1. The van der Waals surface area contributed by atoms with Crippen LogP contribution in [-0.2, 0) is 13.1 Å². The molecule has 0 saturated heterocycles. The summed E-state index contributed by atoms with van der Waals surface area (Å²) in [5.41, 5.74) is 3.04. The van der Waals surface area contributed by atoms with Crippen LogP contribution in [0.1, 0.15) is 11.1 Å². The van der Waals surface area contributed by atoms with Crippen LogP contribution in [0.4, 0.5) is 5.69 Å². The average molecular weight is 427 g/mol. The fraction of sp³-hybridized carbons (Fsp3) is 0.174. The highest BCUT2D eigenvalue weighted by molar-refractivity contribution is 7.80. The van der Waals surface area contributed by atoms with Crippen molar-refractivity contribution in [2.75, 3.05) is 19.5 Å². The zero-order valence-corrected chi connectivity index (χ0v) is 18.0. The molecule has 1 N–H and O–H groups in total. The first-order chi connectivity index (χ1) is 14.1. The Morgan fingerprint density at radius 1 is 0.862 bits per heavy atom. The quantitative estimate of drug-likeness (QED) is 0.486. The number of rotatable bonds is 7. The summed E-state index contributed by atoms with van der Waals surface area (Å²) < 4.78 is 10.5. The summed E-state index contributed by atoms with van der Waals surface area (Å²) in [4.78, 5) is 2.09. The SMILES string of the molecule is COc1ccc(CN(Cc2ccccc2Cl)C(=S)Nc2ccc(OC)cc2)cc1. The van der Waals surface area contributed by atoms with Gasteiger partial charge < -0.3 is 19.7 Å². The maximum Gasteiger partial charge on any atom is 0.174 e. The first kappa shape index (κ1) is 21.0. The average Bonchev–Trinajstić information content (AvgIpc) is 2.75. The number of halogens is 1. The highest BCUT2D eigenvalue weighted by Crippen LogP contribution is 2.21. The second kappa shape index (κ2) is 10.1. The minimum Gasteiger partial charge on any atom is -0.497 e. The summed E-state index contributed by atoms with van der Waals surface area (Å²) >= 11 is 12.1. The van der Waals surface area contributed by atoms with Gasteiger partial charge in [-0.2, -0.15) is 0 Å². The molecule has 0 aliphatic rings. The van der Waals surface area contributed by atoms with Crippen molar-refractivity contribution >= 4 is 34.6 Å². The van der Waals surface area contributed by atoms with E-state index in [0.29, 0.717) is 18.2 Å². The van der Waals surface area contributed by atoms with Crippen molar-refractivity contribution in [3.63, 3.8) is 0 Å². The van der Waals surface area contributed by atoms with Crippen molar-refractivity contribution in [3.8, 4) is 11.5 Å². The molecular weight excluding hydrogens is 404 g/mol. The van der Waals surface area contributed by atoms with Gasteiger partial charge in [0, 0.05) is 23.8 Å². The van der Waals surface area contributed by atoms with Crippen molar-refractivity contribution in [2.24, 2.45) is 0 Å². The molecule has 0 radical (unpaired) electrons. The van der Waals surface area contributed by atoms with Crippen LogP contribution in [0, 0.1) is 0 Å². The van der Waals surface area contributed by atoms with Gasteiger partial charge in [0.25, 0.3) is 0 Å². The van der Waals surface area contributed by atoms with E-state index in [9.17, 15) is 0 Å². The van der Waals surface area contributed by atoms with Crippen LogP contribution in [0.15, 0.2) is 72.8 Å². The molecule has 4 nitrogen and oxygen atoms in total. The van der Waals surface area contributed by atoms with Gasteiger partial charge in [0.1, 0.15) is 11.5 Å². The standard InChI is InChI=1S/C23H23ClN2O2S/c1-27-20-11-7-17(8-12-20)15-26(16-18-5-3-4-6-22(18)24)23(29)25-19-9-13-21(28-2)14-10-19/h3-14H,15-16H2,1-2H3,(H,25,29). The van der Waals surface area contributed by atoms with E-state index in [1.54, 1.807) is 14.2 Å². The molecule has 0 heterocycles. The van der Waals surface area contributed by atoms with E-state index in [-0.39, 0.29) is 0 Å². The van der Waals surface area contributed by atoms with Crippen LogP contribution in [0.2, 0.25) is 5.02 Å². The largest absolute Gasteiger partial charge is 0.497 e. The fourth-order valence-electron chi connectivity index (χ4n) is 2.86. The van der Waals surface area contributed by atoms with E-state index in [1.807, 2.05) is 72.8 Å². The minimum absolute atomic E-state index is 0.591. The van der Waals surface area contributed by atoms with Gasteiger partial charge in [-0.1, -0.05) is 41.9 Å². The Bertz CT molecular complexity index is 946. The molecule has 0 aliphatic carbocycles. The van der Waals surface area contributed by atoms with Gasteiger partial charge in [0.05, 0.1) is 14.2 Å². The maximum absolute atomic E-state index is 6.39. The van der Waals surface area contributed by atoms with E-state index in [1.165, 1.54) is 0 Å². The maximum atomic E-state index is 6.39. The number of thiocarbonyl (C=S) groups is 1. The number of methoxy groups -OCH3 is 2. The number of anilines is 1. The lowest BCUT2D eigenvalue weighted by Crippen LogP contribution is -2.33. The van der Waals surface area contributed by atoms with Crippen molar-refractivity contribution in [1.29, 1.82) is 0 Å². The van der Waals surface area contributed by atoms with Crippen LogP contribution in [0.25, 0.3) is 0 Å². The summed E-state index contributed by atoms with van der Waals surface area (Å²) in [5, 5.41) is 4.65. The minimum atomic E-state index is 0.591. The van der Waals surface area contributed by atoms with Crippen molar-refractivity contribution in [1.82, 2.24) is 4.90 Å². The topological polar surface area (TPSA) is 33.7 Å². The zero-order chi connectivity index (χ0) is 20.6. The number of ether oxygens (including phenoxy) is 2. The van der Waals surface area contributed by atoms with Gasteiger partial charge in [0.15, 0.2) is 5.11 Å². The first-order valence-electron chi connectivity index (χ1n) is 9.15. The molecule has 0 aliphatic heterocycles. The van der Waals surface area contributed by atoms with Crippen molar-refractivity contribution in [2.45, 2.75) is 13.1 Å². The smallest absolute Gasteiger partial charge is 0.174 e. The molecule has 0 saturated carbocycles. The van der Waals surface area contributed by atoms with Crippen molar-refractivity contribution < 1.29 is 9.47 Å². The third-order valence-corrected chi connectivity index (χ3v) is 5.21. The van der Waals surface area contributed by atoms with Crippen LogP contribution in [-0.4, -0.2) is 24.2 Å². The first-order valence-corrected chi connectivity index (χ1v) is 9.94. The van der Waals surface area contributed by atoms with E-state index in [0.717, 1.165) is 33.3 Å². The summed E-state index contributed by atoms with van der Waals surface area (Å²) in [6, 6.07) is 23.4. The third-order valence-electron chi connectivity index (χ3n) is 4.48. The third kappa shape index (κ3) is 5.86. The second-order valence-electron chi connectivity index (χ2n) is 6.45. The van der Waals surface area contributed by atoms with E-state index in [4.69, 9.17) is 33.3 Å². The zero-order valence-electron chi connectivity index (χ0n) is 16.4. The molecule has 3 aromatic rings. The molecule has 29 heavy (non-hydrogen) atoms. The lowest BCUT2D eigenvalue weighted by Gasteiger charge is -2.27. The number of nitrogens with zero attached hydrogens (tertiary/aromatic N) is 1. The van der Waals surface area contributed by atoms with E-state index < -0.39 is 0 Å². The van der Waals surface area contributed by atoms with Crippen LogP contribution in [0.3, 0.4) is 0 Å². The molecule has 0 atom stereocenters. The predicted molar refractivity (Wildman–Crippen MR) is 123 cm³/mol. The van der Waals surface area contributed by atoms with Gasteiger partial charge in [-0.3, -0.25) is 0 Å². The van der Waals surface area contributed by atoms with E-state index in [2.05, 4.69) is 10.2 Å². The Hall–Kier alpha value is -2.76. The van der Waals surface area contributed by atoms with Gasteiger partial charge in [-0.15, -0.1) is 0 Å². The molecule has 0 aromatic heterocycles. The summed E-state index contributed by atoms with van der Waals surface area (Å²) in [6.07, 6.45) is 0. The van der Waals surface area contributed by atoms with Crippen LogP contribution in [0.5, 0.6) is 11.5 Å². The molecule has 0 amide bonds. The Kier molecular flexibility index (Phi) is 7.33. The normalized spacial score (nSPS) is 10.3. The number of hydrogen-bond acceptors (Lipinski definition) is 3. The molecule has 150 valence electrons. The Morgan fingerprint density at radius 3 is 2.03 bits per heavy atom. The van der Waals surface area contributed by atoms with Crippen LogP contribution >= 0.6 is 23.8 Å². The van der Waals surface area contributed by atoms with E-state index >= 15 is 0 Å². The molecule has 3 aromatic carbocycles. The highest BCUT2D eigenvalue weighted by atomic mass is 35.5. The molecule has 0 fully saturated rings. The Balaban J connectivity index is 1.79. The Labute approximate surface area is 182 Å². The molecule has 0 bridgehead atoms.